The molecule has 24 heavy (non-hydrogen) atoms. The van der Waals surface area contributed by atoms with E-state index in [9.17, 15) is 14.0 Å². The maximum atomic E-state index is 13.5. The number of piperazine rings is 1. The second kappa shape index (κ2) is 7.51. The van der Waals surface area contributed by atoms with Gasteiger partial charge in [0.1, 0.15) is 18.0 Å². The molecule has 0 atom stereocenters. The van der Waals surface area contributed by atoms with Gasteiger partial charge in [0.2, 0.25) is 0 Å². The topological polar surface area (TPSA) is 59.1 Å². The zero-order valence-electron chi connectivity index (χ0n) is 14.3. The molecule has 0 radical (unpaired) electrons. The van der Waals surface area contributed by atoms with Gasteiger partial charge in [0, 0.05) is 31.7 Å². The van der Waals surface area contributed by atoms with E-state index in [1.165, 1.54) is 11.0 Å². The summed E-state index contributed by atoms with van der Waals surface area (Å²) in [7, 11) is 0. The van der Waals surface area contributed by atoms with Crippen molar-refractivity contribution in [3.63, 3.8) is 0 Å². The van der Waals surface area contributed by atoms with E-state index in [0.717, 1.165) is 0 Å². The smallest absolute Gasteiger partial charge is 0.410 e. The zero-order valence-corrected chi connectivity index (χ0v) is 14.3. The Morgan fingerprint density at radius 3 is 2.12 bits per heavy atom. The number of amides is 2. The van der Waals surface area contributed by atoms with Crippen LogP contribution in [-0.4, -0.2) is 53.8 Å². The lowest BCUT2D eigenvalue weighted by Gasteiger charge is -2.35. The molecular formula is C17H23FN2O4. The van der Waals surface area contributed by atoms with Gasteiger partial charge in [-0.15, -0.1) is 0 Å². The number of nitrogens with zero attached hydrogens (tertiary/aromatic N) is 2. The fourth-order valence-electron chi connectivity index (χ4n) is 2.24. The maximum Gasteiger partial charge on any atom is 0.410 e. The molecule has 0 aliphatic carbocycles. The van der Waals surface area contributed by atoms with Gasteiger partial charge in [-0.05, 0) is 26.8 Å². The Hall–Kier alpha value is -2.31. The summed E-state index contributed by atoms with van der Waals surface area (Å²) in [5, 5.41) is 0. The quantitative estimate of drug-likeness (QED) is 0.832. The molecule has 1 aliphatic heterocycles. The largest absolute Gasteiger partial charge is 0.444 e. The standard InChI is InChI=1S/C17H23FN2O4/c1-17(2,3)24-16(22)20-10-8-19(9-11-20)15(21)23-12-13-6-4-5-7-14(13)18/h4-7H,8-12H2,1-3H3. The lowest BCUT2D eigenvalue weighted by Crippen LogP contribution is -2.51. The third-order valence-electron chi connectivity index (χ3n) is 3.50. The molecule has 0 bridgehead atoms. The predicted molar refractivity (Wildman–Crippen MR) is 86.0 cm³/mol. The van der Waals surface area contributed by atoms with Crippen molar-refractivity contribution in [2.24, 2.45) is 0 Å². The van der Waals surface area contributed by atoms with Crippen molar-refractivity contribution in [3.8, 4) is 0 Å². The first kappa shape index (κ1) is 18.0. The molecule has 1 fully saturated rings. The molecule has 1 saturated heterocycles. The number of halogens is 1. The van der Waals surface area contributed by atoms with Crippen molar-refractivity contribution in [3.05, 3.63) is 35.6 Å². The molecule has 7 heteroatoms. The Bertz CT molecular complexity index is 592. The number of rotatable bonds is 2. The number of carbonyl (C=O) groups is 2. The Labute approximate surface area is 141 Å². The molecule has 6 nitrogen and oxygen atoms in total. The van der Waals surface area contributed by atoms with E-state index < -0.39 is 17.5 Å². The van der Waals surface area contributed by atoms with Gasteiger partial charge in [-0.25, -0.2) is 14.0 Å². The first-order chi connectivity index (χ1) is 11.3. The molecule has 0 spiro atoms. The summed E-state index contributed by atoms with van der Waals surface area (Å²) in [5.41, 5.74) is -0.217. The Morgan fingerprint density at radius 1 is 1.04 bits per heavy atom. The molecule has 0 N–H and O–H groups in total. The predicted octanol–water partition coefficient (Wildman–Crippen LogP) is 3.02. The molecule has 2 rings (SSSR count). The van der Waals surface area contributed by atoms with E-state index >= 15 is 0 Å². The lowest BCUT2D eigenvalue weighted by atomic mass is 10.2. The first-order valence-corrected chi connectivity index (χ1v) is 7.89. The highest BCUT2D eigenvalue weighted by molar-refractivity contribution is 5.70. The van der Waals surface area contributed by atoms with E-state index in [4.69, 9.17) is 9.47 Å². The Kier molecular flexibility index (Phi) is 5.64. The molecule has 1 heterocycles. The normalized spacial score (nSPS) is 15.2. The second-order valence-corrected chi connectivity index (χ2v) is 6.60. The molecule has 1 aromatic rings. The fraction of sp³-hybridized carbons (Fsp3) is 0.529. The van der Waals surface area contributed by atoms with Crippen molar-refractivity contribution in [1.29, 1.82) is 0 Å². The van der Waals surface area contributed by atoms with Crippen LogP contribution in [0.2, 0.25) is 0 Å². The van der Waals surface area contributed by atoms with Crippen LogP contribution in [0.3, 0.4) is 0 Å². The van der Waals surface area contributed by atoms with E-state index in [2.05, 4.69) is 0 Å². The summed E-state index contributed by atoms with van der Waals surface area (Å²) in [4.78, 5) is 27.1. The van der Waals surface area contributed by atoms with Gasteiger partial charge < -0.3 is 19.3 Å². The van der Waals surface area contributed by atoms with Gasteiger partial charge in [0.15, 0.2) is 0 Å². The average Bonchev–Trinajstić information content (AvgIpc) is 2.52. The van der Waals surface area contributed by atoms with Crippen molar-refractivity contribution in [1.82, 2.24) is 9.80 Å². The van der Waals surface area contributed by atoms with Crippen LogP contribution in [0, 0.1) is 5.82 Å². The van der Waals surface area contributed by atoms with Gasteiger partial charge in [-0.1, -0.05) is 18.2 Å². The van der Waals surface area contributed by atoms with Crippen LogP contribution in [0.5, 0.6) is 0 Å². The van der Waals surface area contributed by atoms with Crippen LogP contribution < -0.4 is 0 Å². The average molecular weight is 338 g/mol. The minimum Gasteiger partial charge on any atom is -0.444 e. The number of ether oxygens (including phenoxy) is 2. The lowest BCUT2D eigenvalue weighted by molar-refractivity contribution is 0.0124. The summed E-state index contributed by atoms with van der Waals surface area (Å²) < 4.78 is 23.9. The zero-order chi connectivity index (χ0) is 17.7. The molecule has 132 valence electrons. The number of hydrogen-bond acceptors (Lipinski definition) is 4. The monoisotopic (exact) mass is 338 g/mol. The summed E-state index contributed by atoms with van der Waals surface area (Å²) in [6, 6.07) is 6.16. The third kappa shape index (κ3) is 5.11. The van der Waals surface area contributed by atoms with Crippen LogP contribution in [-0.2, 0) is 16.1 Å². The molecule has 1 aliphatic rings. The van der Waals surface area contributed by atoms with E-state index in [-0.39, 0.29) is 12.7 Å². The number of hydrogen-bond donors (Lipinski definition) is 0. The van der Waals surface area contributed by atoms with Gasteiger partial charge >= 0.3 is 12.2 Å². The van der Waals surface area contributed by atoms with Crippen LogP contribution >= 0.6 is 0 Å². The summed E-state index contributed by atoms with van der Waals surface area (Å²) >= 11 is 0. The molecule has 0 aromatic heterocycles. The molecule has 0 unspecified atom stereocenters. The van der Waals surface area contributed by atoms with Gasteiger partial charge in [-0.3, -0.25) is 0 Å². The minimum atomic E-state index is -0.549. The summed E-state index contributed by atoms with van der Waals surface area (Å²) in [6.07, 6.45) is -0.899. The Balaban J connectivity index is 1.78. The highest BCUT2D eigenvalue weighted by atomic mass is 19.1. The fourth-order valence-corrected chi connectivity index (χ4v) is 2.24. The summed E-state index contributed by atoms with van der Waals surface area (Å²) in [5.74, 6) is -0.403. The SMILES string of the molecule is CC(C)(C)OC(=O)N1CCN(C(=O)OCc2ccccc2F)CC1. The number of carbonyl (C=O) groups excluding carboxylic acids is 2. The van der Waals surface area contributed by atoms with Gasteiger partial charge in [0.25, 0.3) is 0 Å². The molecular weight excluding hydrogens is 315 g/mol. The molecule has 2 amide bonds. The Morgan fingerprint density at radius 2 is 1.58 bits per heavy atom. The van der Waals surface area contributed by atoms with E-state index in [0.29, 0.717) is 31.7 Å². The van der Waals surface area contributed by atoms with Crippen LogP contribution in [0.15, 0.2) is 24.3 Å². The van der Waals surface area contributed by atoms with E-state index in [1.54, 1.807) is 43.9 Å². The highest BCUT2D eigenvalue weighted by Crippen LogP contribution is 2.13. The first-order valence-electron chi connectivity index (χ1n) is 7.89. The van der Waals surface area contributed by atoms with E-state index in [1.807, 2.05) is 0 Å². The minimum absolute atomic E-state index is 0.113. The third-order valence-corrected chi connectivity index (χ3v) is 3.50. The van der Waals surface area contributed by atoms with Crippen LogP contribution in [0.25, 0.3) is 0 Å². The van der Waals surface area contributed by atoms with Gasteiger partial charge in [-0.2, -0.15) is 0 Å². The summed E-state index contributed by atoms with van der Waals surface area (Å²) in [6.45, 7) is 6.78. The molecule has 1 aromatic carbocycles. The van der Waals surface area contributed by atoms with Crippen molar-refractivity contribution < 1.29 is 23.5 Å². The second-order valence-electron chi connectivity index (χ2n) is 6.60. The molecule has 0 saturated carbocycles. The maximum absolute atomic E-state index is 13.5. The number of benzene rings is 1. The van der Waals surface area contributed by atoms with Crippen molar-refractivity contribution in [2.75, 3.05) is 26.2 Å². The van der Waals surface area contributed by atoms with Crippen LogP contribution in [0.4, 0.5) is 14.0 Å². The van der Waals surface area contributed by atoms with Gasteiger partial charge in [0.05, 0.1) is 0 Å². The van der Waals surface area contributed by atoms with Crippen molar-refractivity contribution >= 4 is 12.2 Å². The highest BCUT2D eigenvalue weighted by Gasteiger charge is 2.28. The van der Waals surface area contributed by atoms with Crippen LogP contribution in [0.1, 0.15) is 26.3 Å². The van der Waals surface area contributed by atoms with Crippen molar-refractivity contribution in [2.45, 2.75) is 33.0 Å².